The summed E-state index contributed by atoms with van der Waals surface area (Å²) in [6, 6.07) is 5.31. The van der Waals surface area contributed by atoms with E-state index in [1.54, 1.807) is 26.4 Å². The standard InChI is InChI=1S/C13H13NO3/c1-8-12(16-2)6-11-10(13(8)17-3)5-4-9(7-15)14-11/h4-7H,1-3H3. The van der Waals surface area contributed by atoms with E-state index in [-0.39, 0.29) is 0 Å². The fourth-order valence-electron chi connectivity index (χ4n) is 1.88. The Morgan fingerprint density at radius 3 is 2.59 bits per heavy atom. The summed E-state index contributed by atoms with van der Waals surface area (Å²) in [6.45, 7) is 1.92. The topological polar surface area (TPSA) is 48.4 Å². The molecule has 0 bridgehead atoms. The van der Waals surface area contributed by atoms with Crippen molar-refractivity contribution in [2.45, 2.75) is 6.92 Å². The summed E-state index contributed by atoms with van der Waals surface area (Å²) in [5.41, 5.74) is 2.00. The largest absolute Gasteiger partial charge is 0.496 e. The summed E-state index contributed by atoms with van der Waals surface area (Å²) in [4.78, 5) is 14.9. The Labute approximate surface area is 99.2 Å². The number of nitrogens with zero attached hydrogens (tertiary/aromatic N) is 1. The van der Waals surface area contributed by atoms with Gasteiger partial charge in [0.1, 0.15) is 17.2 Å². The third kappa shape index (κ3) is 1.82. The van der Waals surface area contributed by atoms with Crippen molar-refractivity contribution in [1.82, 2.24) is 4.98 Å². The van der Waals surface area contributed by atoms with E-state index in [9.17, 15) is 4.79 Å². The maximum atomic E-state index is 10.7. The van der Waals surface area contributed by atoms with Gasteiger partial charge in [-0.3, -0.25) is 4.79 Å². The number of aromatic nitrogens is 1. The molecule has 0 saturated heterocycles. The van der Waals surface area contributed by atoms with Gasteiger partial charge in [0.05, 0.1) is 19.7 Å². The molecule has 1 aromatic heterocycles. The summed E-state index contributed by atoms with van der Waals surface area (Å²) >= 11 is 0. The number of carbonyl (C=O) groups is 1. The first-order chi connectivity index (χ1) is 8.21. The third-order valence-corrected chi connectivity index (χ3v) is 2.71. The van der Waals surface area contributed by atoms with Crippen LogP contribution in [-0.2, 0) is 0 Å². The van der Waals surface area contributed by atoms with Crippen LogP contribution in [0, 0.1) is 6.92 Å². The molecule has 0 saturated carbocycles. The highest BCUT2D eigenvalue weighted by Gasteiger charge is 2.12. The van der Waals surface area contributed by atoms with Gasteiger partial charge in [-0.2, -0.15) is 0 Å². The van der Waals surface area contributed by atoms with Gasteiger partial charge in [0.15, 0.2) is 6.29 Å². The number of methoxy groups -OCH3 is 2. The minimum atomic E-state index is 0.394. The van der Waals surface area contributed by atoms with E-state index >= 15 is 0 Å². The van der Waals surface area contributed by atoms with Gasteiger partial charge >= 0.3 is 0 Å². The van der Waals surface area contributed by atoms with Gasteiger partial charge < -0.3 is 9.47 Å². The van der Waals surface area contributed by atoms with Crippen LogP contribution in [-0.4, -0.2) is 25.5 Å². The summed E-state index contributed by atoms with van der Waals surface area (Å²) in [5.74, 6) is 1.43. The quantitative estimate of drug-likeness (QED) is 0.761. The zero-order valence-electron chi connectivity index (χ0n) is 9.98. The average molecular weight is 231 g/mol. The van der Waals surface area contributed by atoms with E-state index in [1.165, 1.54) is 0 Å². The molecule has 0 spiro atoms. The Morgan fingerprint density at radius 1 is 1.24 bits per heavy atom. The lowest BCUT2D eigenvalue weighted by atomic mass is 10.1. The molecule has 4 nitrogen and oxygen atoms in total. The van der Waals surface area contributed by atoms with Crippen molar-refractivity contribution < 1.29 is 14.3 Å². The van der Waals surface area contributed by atoms with Crippen LogP contribution in [0.5, 0.6) is 11.5 Å². The number of hydrogen-bond donors (Lipinski definition) is 0. The fraction of sp³-hybridized carbons (Fsp3) is 0.231. The SMILES string of the molecule is COc1cc2nc(C=O)ccc2c(OC)c1C. The van der Waals surface area contributed by atoms with Crippen LogP contribution in [0.25, 0.3) is 10.9 Å². The second-order valence-corrected chi connectivity index (χ2v) is 3.66. The maximum absolute atomic E-state index is 10.7. The lowest BCUT2D eigenvalue weighted by Crippen LogP contribution is -1.96. The van der Waals surface area contributed by atoms with Crippen molar-refractivity contribution in [2.24, 2.45) is 0 Å². The Kier molecular flexibility index (Phi) is 2.95. The molecule has 2 rings (SSSR count). The predicted octanol–water partition coefficient (Wildman–Crippen LogP) is 2.37. The molecule has 17 heavy (non-hydrogen) atoms. The molecule has 0 unspecified atom stereocenters. The molecule has 0 aliphatic heterocycles. The van der Waals surface area contributed by atoms with Crippen molar-refractivity contribution in [3.63, 3.8) is 0 Å². The number of aldehydes is 1. The first-order valence-electron chi connectivity index (χ1n) is 5.18. The Bertz CT molecular complexity index is 578. The fourth-order valence-corrected chi connectivity index (χ4v) is 1.88. The number of rotatable bonds is 3. The normalized spacial score (nSPS) is 10.3. The Balaban J connectivity index is 2.82. The highest BCUT2D eigenvalue weighted by molar-refractivity contribution is 5.90. The van der Waals surface area contributed by atoms with Crippen LogP contribution in [0.15, 0.2) is 18.2 Å². The lowest BCUT2D eigenvalue weighted by molar-refractivity contribution is 0.111. The molecule has 1 aromatic carbocycles. The van der Waals surface area contributed by atoms with Gasteiger partial charge in [0, 0.05) is 17.0 Å². The van der Waals surface area contributed by atoms with Crippen molar-refractivity contribution in [3.8, 4) is 11.5 Å². The van der Waals surface area contributed by atoms with Gasteiger partial charge in [-0.1, -0.05) is 0 Å². The Hall–Kier alpha value is -2.10. The first kappa shape index (κ1) is 11.4. The highest BCUT2D eigenvalue weighted by Crippen LogP contribution is 2.35. The molecular formula is C13H13NO3. The molecule has 0 N–H and O–H groups in total. The number of pyridine rings is 1. The summed E-state index contributed by atoms with van der Waals surface area (Å²) in [7, 11) is 3.20. The van der Waals surface area contributed by atoms with Crippen LogP contribution < -0.4 is 9.47 Å². The summed E-state index contributed by atoms with van der Waals surface area (Å²) in [5, 5.41) is 0.872. The average Bonchev–Trinajstić information content (AvgIpc) is 2.37. The minimum Gasteiger partial charge on any atom is -0.496 e. The molecule has 2 aromatic rings. The van der Waals surface area contributed by atoms with Gasteiger partial charge in [-0.15, -0.1) is 0 Å². The monoisotopic (exact) mass is 231 g/mol. The van der Waals surface area contributed by atoms with Crippen LogP contribution in [0.2, 0.25) is 0 Å². The molecule has 4 heteroatoms. The number of ether oxygens (including phenoxy) is 2. The van der Waals surface area contributed by atoms with Crippen LogP contribution in [0.3, 0.4) is 0 Å². The molecule has 0 radical (unpaired) electrons. The van der Waals surface area contributed by atoms with Gasteiger partial charge in [0.2, 0.25) is 0 Å². The third-order valence-electron chi connectivity index (χ3n) is 2.71. The number of benzene rings is 1. The molecule has 0 atom stereocenters. The second kappa shape index (κ2) is 4.41. The zero-order valence-corrected chi connectivity index (χ0v) is 9.98. The molecular weight excluding hydrogens is 218 g/mol. The molecule has 0 fully saturated rings. The van der Waals surface area contributed by atoms with Crippen LogP contribution >= 0.6 is 0 Å². The summed E-state index contributed by atoms with van der Waals surface area (Å²) < 4.78 is 10.6. The van der Waals surface area contributed by atoms with Crippen molar-refractivity contribution in [2.75, 3.05) is 14.2 Å². The predicted molar refractivity (Wildman–Crippen MR) is 65.0 cm³/mol. The second-order valence-electron chi connectivity index (χ2n) is 3.66. The van der Waals surface area contributed by atoms with Crippen molar-refractivity contribution in [3.05, 3.63) is 29.5 Å². The van der Waals surface area contributed by atoms with Gasteiger partial charge in [-0.25, -0.2) is 4.98 Å². The zero-order chi connectivity index (χ0) is 12.4. The first-order valence-corrected chi connectivity index (χ1v) is 5.18. The van der Waals surface area contributed by atoms with Crippen LogP contribution in [0.4, 0.5) is 0 Å². The van der Waals surface area contributed by atoms with E-state index in [2.05, 4.69) is 4.98 Å². The van der Waals surface area contributed by atoms with E-state index in [0.717, 1.165) is 23.0 Å². The van der Waals surface area contributed by atoms with Crippen LogP contribution in [0.1, 0.15) is 16.1 Å². The minimum absolute atomic E-state index is 0.394. The maximum Gasteiger partial charge on any atom is 0.168 e. The van der Waals surface area contributed by atoms with E-state index < -0.39 is 0 Å². The molecule has 0 aliphatic rings. The molecule has 0 aliphatic carbocycles. The number of carbonyl (C=O) groups excluding carboxylic acids is 1. The highest BCUT2D eigenvalue weighted by atomic mass is 16.5. The Morgan fingerprint density at radius 2 is 2.00 bits per heavy atom. The lowest BCUT2D eigenvalue weighted by Gasteiger charge is -2.12. The number of fused-ring (bicyclic) bond motifs is 1. The van der Waals surface area contributed by atoms with E-state index in [4.69, 9.17) is 9.47 Å². The molecule has 0 amide bonds. The molecule has 88 valence electrons. The van der Waals surface area contributed by atoms with Gasteiger partial charge in [0.25, 0.3) is 0 Å². The van der Waals surface area contributed by atoms with Gasteiger partial charge in [-0.05, 0) is 19.1 Å². The van der Waals surface area contributed by atoms with E-state index in [1.807, 2.05) is 13.0 Å². The summed E-state index contributed by atoms with van der Waals surface area (Å²) in [6.07, 6.45) is 0.720. The van der Waals surface area contributed by atoms with Crippen molar-refractivity contribution in [1.29, 1.82) is 0 Å². The van der Waals surface area contributed by atoms with Crippen molar-refractivity contribution >= 4 is 17.2 Å². The van der Waals surface area contributed by atoms with E-state index in [0.29, 0.717) is 17.0 Å². The smallest absolute Gasteiger partial charge is 0.168 e. The number of hydrogen-bond acceptors (Lipinski definition) is 4. The molecule has 1 heterocycles.